The molecule has 6 nitrogen and oxygen atoms in total. The number of likely N-dealkylation sites (tertiary alicyclic amines) is 1. The van der Waals surface area contributed by atoms with Gasteiger partial charge in [-0.2, -0.15) is 0 Å². The first kappa shape index (κ1) is 17.1. The number of hydrogen-bond donors (Lipinski definition) is 2. The maximum Gasteiger partial charge on any atom is 0.321 e. The minimum Gasteiger partial charge on any atom is -0.391 e. The van der Waals surface area contributed by atoms with Gasteiger partial charge in [-0.15, -0.1) is 0 Å². The second kappa shape index (κ2) is 7.37. The monoisotopic (exact) mass is 316 g/mol. The van der Waals surface area contributed by atoms with Gasteiger partial charge in [-0.3, -0.25) is 0 Å². The number of rotatable bonds is 1. The predicted octanol–water partition coefficient (Wildman–Crippen LogP) is 2.87. The molecule has 1 unspecified atom stereocenters. The minimum atomic E-state index is -0.413. The predicted molar refractivity (Wildman–Crippen MR) is 91.6 cm³/mol. The number of β-amino-alcohol motifs (C(OH)–C–C–N with tert-alkyl or cyclic N) is 1. The lowest BCUT2D eigenvalue weighted by Gasteiger charge is -2.16. The molecule has 0 bridgehead atoms. The molecule has 23 heavy (non-hydrogen) atoms. The van der Waals surface area contributed by atoms with Gasteiger partial charge in [-0.05, 0) is 38.5 Å². The number of aromatic nitrogens is 2. The number of aliphatic hydroxyl groups is 1. The number of benzene rings is 1. The molecule has 0 saturated carbocycles. The van der Waals surface area contributed by atoms with Gasteiger partial charge in [0, 0.05) is 18.8 Å². The molecule has 0 radical (unpaired) electrons. The Morgan fingerprint density at radius 1 is 1.22 bits per heavy atom. The van der Waals surface area contributed by atoms with Crippen molar-refractivity contribution in [2.45, 2.75) is 40.2 Å². The van der Waals surface area contributed by atoms with Gasteiger partial charge in [0.25, 0.3) is 0 Å². The molecule has 124 valence electrons. The van der Waals surface area contributed by atoms with Crippen LogP contribution < -0.4 is 5.32 Å². The van der Waals surface area contributed by atoms with Crippen LogP contribution in [0.3, 0.4) is 0 Å². The first-order valence-corrected chi connectivity index (χ1v) is 8.02. The molecule has 2 amide bonds. The summed E-state index contributed by atoms with van der Waals surface area (Å²) in [5, 5.41) is 12.3. The molecule has 1 aromatic heterocycles. The van der Waals surface area contributed by atoms with E-state index in [9.17, 15) is 9.90 Å². The van der Waals surface area contributed by atoms with Crippen LogP contribution in [0.5, 0.6) is 0 Å². The Bertz CT molecular complexity index is 702. The Hall–Kier alpha value is -2.21. The van der Waals surface area contributed by atoms with Crippen LogP contribution in [-0.4, -0.2) is 45.2 Å². The Labute approximate surface area is 136 Å². The fraction of sp³-hybridized carbons (Fsp3) is 0.471. The Balaban J connectivity index is 0.000000924. The molecular formula is C17H24N4O2. The van der Waals surface area contributed by atoms with E-state index in [0.717, 1.165) is 22.4 Å². The molecule has 3 rings (SSSR count). The Morgan fingerprint density at radius 2 is 1.87 bits per heavy atom. The van der Waals surface area contributed by atoms with E-state index in [0.29, 0.717) is 25.2 Å². The lowest BCUT2D eigenvalue weighted by molar-refractivity contribution is 0.176. The molecule has 1 saturated heterocycles. The van der Waals surface area contributed by atoms with Gasteiger partial charge in [-0.25, -0.2) is 14.8 Å². The molecular weight excluding hydrogens is 292 g/mol. The van der Waals surface area contributed by atoms with E-state index in [1.54, 1.807) is 4.90 Å². The van der Waals surface area contributed by atoms with Crippen molar-refractivity contribution in [2.75, 3.05) is 18.4 Å². The number of aryl methyl sites for hydroxylation is 2. The van der Waals surface area contributed by atoms with E-state index in [1.165, 1.54) is 0 Å². The zero-order valence-electron chi connectivity index (χ0n) is 14.1. The normalized spacial score (nSPS) is 16.9. The third-order valence-corrected chi connectivity index (χ3v) is 3.78. The van der Waals surface area contributed by atoms with Crippen LogP contribution in [0.25, 0.3) is 11.0 Å². The molecule has 6 heteroatoms. The maximum absolute atomic E-state index is 12.1. The van der Waals surface area contributed by atoms with Crippen molar-refractivity contribution in [1.82, 2.24) is 14.9 Å². The Kier molecular flexibility index (Phi) is 5.50. The van der Waals surface area contributed by atoms with Crippen molar-refractivity contribution >= 4 is 22.8 Å². The van der Waals surface area contributed by atoms with Crippen LogP contribution in [-0.2, 0) is 0 Å². The van der Waals surface area contributed by atoms with Crippen LogP contribution in [0.4, 0.5) is 10.5 Å². The highest BCUT2D eigenvalue weighted by molar-refractivity contribution is 5.92. The average molecular weight is 316 g/mol. The van der Waals surface area contributed by atoms with Crippen LogP contribution in [0.15, 0.2) is 18.2 Å². The summed E-state index contributed by atoms with van der Waals surface area (Å²) in [6.07, 6.45) is 0.221. The summed E-state index contributed by atoms with van der Waals surface area (Å²) in [5.74, 6) is 0. The smallest absolute Gasteiger partial charge is 0.321 e. The molecule has 2 aromatic rings. The van der Waals surface area contributed by atoms with Crippen molar-refractivity contribution in [3.63, 3.8) is 0 Å². The van der Waals surface area contributed by atoms with Crippen LogP contribution in [0.2, 0.25) is 0 Å². The molecule has 0 aliphatic carbocycles. The van der Waals surface area contributed by atoms with E-state index in [-0.39, 0.29) is 6.03 Å². The van der Waals surface area contributed by atoms with Crippen molar-refractivity contribution < 1.29 is 9.90 Å². The quantitative estimate of drug-likeness (QED) is 0.848. The van der Waals surface area contributed by atoms with Crippen LogP contribution in [0, 0.1) is 13.8 Å². The highest BCUT2D eigenvalue weighted by Crippen LogP contribution is 2.19. The van der Waals surface area contributed by atoms with E-state index in [4.69, 9.17) is 0 Å². The molecule has 1 aromatic carbocycles. The molecule has 0 spiro atoms. The SMILES string of the molecule is CC.Cc1nc2ccc(NC(=O)N3CCC(O)C3)cc2nc1C. The number of nitrogens with one attached hydrogen (secondary N) is 1. The van der Waals surface area contributed by atoms with Gasteiger partial charge < -0.3 is 15.3 Å². The molecule has 2 heterocycles. The van der Waals surface area contributed by atoms with Crippen molar-refractivity contribution in [3.8, 4) is 0 Å². The number of carbonyl (C=O) groups excluding carboxylic acids is 1. The van der Waals surface area contributed by atoms with Crippen molar-refractivity contribution in [3.05, 3.63) is 29.6 Å². The zero-order valence-corrected chi connectivity index (χ0v) is 14.1. The maximum atomic E-state index is 12.1. The molecule has 1 aliphatic rings. The summed E-state index contributed by atoms with van der Waals surface area (Å²) in [5.41, 5.74) is 4.05. The highest BCUT2D eigenvalue weighted by atomic mass is 16.3. The van der Waals surface area contributed by atoms with E-state index < -0.39 is 6.10 Å². The fourth-order valence-corrected chi connectivity index (χ4v) is 2.44. The van der Waals surface area contributed by atoms with Crippen LogP contribution >= 0.6 is 0 Å². The standard InChI is InChI=1S/C15H18N4O2.C2H6/c1-9-10(2)17-14-7-11(3-4-13(14)16-9)18-15(21)19-6-5-12(20)8-19;1-2/h3-4,7,12,20H,5-6,8H2,1-2H3,(H,18,21);1-2H3. The van der Waals surface area contributed by atoms with Gasteiger partial charge >= 0.3 is 6.03 Å². The topological polar surface area (TPSA) is 78.4 Å². The third-order valence-electron chi connectivity index (χ3n) is 3.78. The number of aliphatic hydroxyl groups excluding tert-OH is 1. The van der Waals surface area contributed by atoms with Crippen molar-refractivity contribution in [2.24, 2.45) is 0 Å². The summed E-state index contributed by atoms with van der Waals surface area (Å²) in [6, 6.07) is 5.29. The molecule has 1 aliphatic heterocycles. The molecule has 1 fully saturated rings. The number of nitrogens with zero attached hydrogens (tertiary/aromatic N) is 3. The number of hydrogen-bond acceptors (Lipinski definition) is 4. The number of anilines is 1. The van der Waals surface area contributed by atoms with Gasteiger partial charge in [0.1, 0.15) is 0 Å². The summed E-state index contributed by atoms with van der Waals surface area (Å²) >= 11 is 0. The largest absolute Gasteiger partial charge is 0.391 e. The van der Waals surface area contributed by atoms with Gasteiger partial charge in [-0.1, -0.05) is 13.8 Å². The van der Waals surface area contributed by atoms with E-state index in [1.807, 2.05) is 45.9 Å². The lowest BCUT2D eigenvalue weighted by Crippen LogP contribution is -2.33. The second-order valence-corrected chi connectivity index (χ2v) is 5.42. The number of fused-ring (bicyclic) bond motifs is 1. The van der Waals surface area contributed by atoms with Crippen molar-refractivity contribution in [1.29, 1.82) is 0 Å². The second-order valence-electron chi connectivity index (χ2n) is 5.42. The first-order valence-electron chi connectivity index (χ1n) is 8.02. The number of amides is 2. The molecule has 2 N–H and O–H groups in total. The van der Waals surface area contributed by atoms with Crippen LogP contribution in [0.1, 0.15) is 31.7 Å². The summed E-state index contributed by atoms with van der Waals surface area (Å²) < 4.78 is 0. The molecule has 1 atom stereocenters. The summed E-state index contributed by atoms with van der Waals surface area (Å²) in [7, 11) is 0. The lowest BCUT2D eigenvalue weighted by atomic mass is 10.2. The average Bonchev–Trinajstić information content (AvgIpc) is 2.97. The zero-order chi connectivity index (χ0) is 17.0. The van der Waals surface area contributed by atoms with E-state index in [2.05, 4.69) is 15.3 Å². The number of carbonyl (C=O) groups is 1. The summed E-state index contributed by atoms with van der Waals surface area (Å²) in [6.45, 7) is 8.81. The number of urea groups is 1. The van der Waals surface area contributed by atoms with Gasteiger partial charge in [0.05, 0.1) is 28.5 Å². The first-order chi connectivity index (χ1) is 11.0. The highest BCUT2D eigenvalue weighted by Gasteiger charge is 2.24. The summed E-state index contributed by atoms with van der Waals surface area (Å²) in [4.78, 5) is 22.6. The van der Waals surface area contributed by atoms with Gasteiger partial charge in [0.2, 0.25) is 0 Å². The Morgan fingerprint density at radius 3 is 2.48 bits per heavy atom. The minimum absolute atomic E-state index is 0.192. The van der Waals surface area contributed by atoms with Gasteiger partial charge in [0.15, 0.2) is 0 Å². The van der Waals surface area contributed by atoms with E-state index >= 15 is 0 Å². The third kappa shape index (κ3) is 3.96. The fourth-order valence-electron chi connectivity index (χ4n) is 2.44.